The molecule has 29 heavy (non-hydrogen) atoms. The normalized spacial score (nSPS) is 16.6. The summed E-state index contributed by atoms with van der Waals surface area (Å²) in [7, 11) is 0. The van der Waals surface area contributed by atoms with Crippen LogP contribution in [0.1, 0.15) is 53.6 Å². The quantitative estimate of drug-likeness (QED) is 0.627. The van der Waals surface area contributed by atoms with Crippen LogP contribution in [0.25, 0.3) is 0 Å². The van der Waals surface area contributed by atoms with Gasteiger partial charge in [-0.05, 0) is 88.0 Å². The summed E-state index contributed by atoms with van der Waals surface area (Å²) in [5, 5.41) is 4.64. The number of hydrogen-bond donors (Lipinski definition) is 1. The second-order valence-corrected chi connectivity index (χ2v) is 9.09. The summed E-state index contributed by atoms with van der Waals surface area (Å²) in [6.45, 7) is 10.9. The Morgan fingerprint density at radius 3 is 2.28 bits per heavy atom. The van der Waals surface area contributed by atoms with E-state index in [1.807, 2.05) is 18.2 Å². The minimum Gasteiger partial charge on any atom is -0.349 e. The van der Waals surface area contributed by atoms with Crippen molar-refractivity contribution in [3.8, 4) is 0 Å². The molecule has 0 bridgehead atoms. The maximum absolute atomic E-state index is 12.8. The van der Waals surface area contributed by atoms with Crippen molar-refractivity contribution in [1.82, 2.24) is 10.2 Å². The van der Waals surface area contributed by atoms with E-state index in [0.717, 1.165) is 38.0 Å². The topological polar surface area (TPSA) is 32.3 Å². The Hall–Kier alpha value is -1.55. The van der Waals surface area contributed by atoms with E-state index in [1.165, 1.54) is 22.3 Å². The number of carbonyl (C=O) groups is 1. The molecule has 3 nitrogen and oxygen atoms in total. The molecule has 2 aromatic rings. The Morgan fingerprint density at radius 1 is 1.07 bits per heavy atom. The fourth-order valence-electron chi connectivity index (χ4n) is 4.12. The Balaban J connectivity index is 1.55. The molecule has 1 amide bonds. The fourth-order valence-corrected chi connectivity index (χ4v) is 4.64. The number of nitrogens with zero attached hydrogens (tertiary/aromatic N) is 1. The lowest BCUT2D eigenvalue weighted by atomic mass is 9.93. The van der Waals surface area contributed by atoms with Crippen molar-refractivity contribution in [3.63, 3.8) is 0 Å². The molecule has 2 aromatic carbocycles. The van der Waals surface area contributed by atoms with Crippen LogP contribution in [0.15, 0.2) is 30.3 Å². The molecule has 1 atom stereocenters. The molecule has 5 heteroatoms. The van der Waals surface area contributed by atoms with Gasteiger partial charge in [0.25, 0.3) is 0 Å². The van der Waals surface area contributed by atoms with Gasteiger partial charge in [-0.25, -0.2) is 0 Å². The van der Waals surface area contributed by atoms with Crippen molar-refractivity contribution in [3.05, 3.63) is 68.2 Å². The van der Waals surface area contributed by atoms with Gasteiger partial charge in [-0.15, -0.1) is 0 Å². The van der Waals surface area contributed by atoms with Crippen molar-refractivity contribution >= 4 is 29.1 Å². The van der Waals surface area contributed by atoms with Gasteiger partial charge in [0.15, 0.2) is 0 Å². The number of benzene rings is 2. The predicted molar refractivity (Wildman–Crippen MR) is 122 cm³/mol. The van der Waals surface area contributed by atoms with E-state index in [0.29, 0.717) is 10.0 Å². The van der Waals surface area contributed by atoms with Gasteiger partial charge in [-0.3, -0.25) is 9.69 Å². The van der Waals surface area contributed by atoms with E-state index >= 15 is 0 Å². The fraction of sp³-hybridized carbons (Fsp3) is 0.458. The molecule has 1 saturated heterocycles. The van der Waals surface area contributed by atoms with Crippen LogP contribution in [0.4, 0.5) is 0 Å². The molecule has 1 unspecified atom stereocenters. The van der Waals surface area contributed by atoms with Gasteiger partial charge in [0, 0.05) is 28.1 Å². The first-order valence-electron chi connectivity index (χ1n) is 10.3. The molecule has 0 saturated carbocycles. The molecular formula is C24H30Cl2N2O. The predicted octanol–water partition coefficient (Wildman–Crippen LogP) is 6.01. The van der Waals surface area contributed by atoms with Crippen molar-refractivity contribution < 1.29 is 4.79 Å². The van der Waals surface area contributed by atoms with Crippen LogP contribution in [0.3, 0.4) is 0 Å². The number of amides is 1. The average molecular weight is 433 g/mol. The molecule has 156 valence electrons. The molecule has 0 aliphatic carbocycles. The number of aryl methyl sites for hydroxylation is 3. The zero-order chi connectivity index (χ0) is 21.1. The maximum Gasteiger partial charge on any atom is 0.223 e. The summed E-state index contributed by atoms with van der Waals surface area (Å²) in [6, 6.07) is 10.0. The summed E-state index contributed by atoms with van der Waals surface area (Å²) in [4.78, 5) is 15.2. The number of rotatable bonds is 5. The van der Waals surface area contributed by atoms with Crippen LogP contribution in [0.5, 0.6) is 0 Å². The molecule has 1 aliphatic heterocycles. The SMILES string of the molecule is Cc1cc(C)c(C(C)NC(=O)C2CCN(Cc3c(Cl)cccc3Cl)CC2)cc1C. The molecule has 1 fully saturated rings. The highest BCUT2D eigenvalue weighted by atomic mass is 35.5. The Bertz CT molecular complexity index is 868. The van der Waals surface area contributed by atoms with Gasteiger partial charge < -0.3 is 5.32 Å². The third-order valence-electron chi connectivity index (χ3n) is 6.11. The van der Waals surface area contributed by atoms with Gasteiger partial charge in [0.05, 0.1) is 6.04 Å². The molecular weight excluding hydrogens is 403 g/mol. The van der Waals surface area contributed by atoms with E-state index in [1.54, 1.807) is 0 Å². The van der Waals surface area contributed by atoms with Gasteiger partial charge in [0.2, 0.25) is 5.91 Å². The minimum atomic E-state index is 0.0155. The molecule has 1 N–H and O–H groups in total. The highest BCUT2D eigenvalue weighted by Gasteiger charge is 2.27. The average Bonchev–Trinajstić information content (AvgIpc) is 2.68. The first kappa shape index (κ1) is 22.1. The number of halogens is 2. The molecule has 1 heterocycles. The largest absolute Gasteiger partial charge is 0.349 e. The summed E-state index contributed by atoms with van der Waals surface area (Å²) in [5.41, 5.74) is 5.95. The van der Waals surface area contributed by atoms with E-state index in [2.05, 4.69) is 50.0 Å². The lowest BCUT2D eigenvalue weighted by Crippen LogP contribution is -2.41. The van der Waals surface area contributed by atoms with Crippen LogP contribution in [-0.4, -0.2) is 23.9 Å². The second kappa shape index (κ2) is 9.51. The van der Waals surface area contributed by atoms with Gasteiger partial charge >= 0.3 is 0 Å². The summed E-state index contributed by atoms with van der Waals surface area (Å²) >= 11 is 12.6. The lowest BCUT2D eigenvalue weighted by molar-refractivity contribution is -0.127. The third-order valence-corrected chi connectivity index (χ3v) is 6.82. The van der Waals surface area contributed by atoms with Crippen LogP contribution in [-0.2, 0) is 11.3 Å². The number of hydrogen-bond acceptors (Lipinski definition) is 2. The van der Waals surface area contributed by atoms with E-state index < -0.39 is 0 Å². The van der Waals surface area contributed by atoms with Crippen molar-refractivity contribution in [2.75, 3.05) is 13.1 Å². The summed E-state index contributed by atoms with van der Waals surface area (Å²) in [6.07, 6.45) is 1.71. The van der Waals surface area contributed by atoms with Gasteiger partial charge in [-0.2, -0.15) is 0 Å². The highest BCUT2D eigenvalue weighted by molar-refractivity contribution is 6.35. The van der Waals surface area contributed by atoms with Gasteiger partial charge in [0.1, 0.15) is 0 Å². The molecule has 0 aromatic heterocycles. The minimum absolute atomic E-state index is 0.0155. The van der Waals surface area contributed by atoms with Crippen LogP contribution >= 0.6 is 23.2 Å². The van der Waals surface area contributed by atoms with E-state index in [9.17, 15) is 4.79 Å². The first-order chi connectivity index (χ1) is 13.8. The van der Waals surface area contributed by atoms with Crippen LogP contribution in [0.2, 0.25) is 10.0 Å². The third kappa shape index (κ3) is 5.33. The zero-order valence-corrected chi connectivity index (χ0v) is 19.2. The van der Waals surface area contributed by atoms with Crippen molar-refractivity contribution in [2.45, 2.75) is 53.1 Å². The maximum atomic E-state index is 12.8. The van der Waals surface area contributed by atoms with Crippen molar-refractivity contribution in [1.29, 1.82) is 0 Å². The Labute approximate surface area is 184 Å². The molecule has 1 aliphatic rings. The van der Waals surface area contributed by atoms with Crippen LogP contribution < -0.4 is 5.32 Å². The summed E-state index contributed by atoms with van der Waals surface area (Å²) < 4.78 is 0. The van der Waals surface area contributed by atoms with Crippen molar-refractivity contribution in [2.24, 2.45) is 5.92 Å². The van der Waals surface area contributed by atoms with E-state index in [-0.39, 0.29) is 17.9 Å². The number of carbonyl (C=O) groups excluding carboxylic acids is 1. The number of piperidine rings is 1. The van der Waals surface area contributed by atoms with Gasteiger partial charge in [-0.1, -0.05) is 41.4 Å². The Morgan fingerprint density at radius 2 is 1.66 bits per heavy atom. The number of likely N-dealkylation sites (tertiary alicyclic amines) is 1. The second-order valence-electron chi connectivity index (χ2n) is 8.27. The molecule has 0 radical (unpaired) electrons. The highest BCUT2D eigenvalue weighted by Crippen LogP contribution is 2.28. The lowest BCUT2D eigenvalue weighted by Gasteiger charge is -2.32. The first-order valence-corrected chi connectivity index (χ1v) is 11.0. The number of nitrogens with one attached hydrogen (secondary N) is 1. The zero-order valence-electron chi connectivity index (χ0n) is 17.7. The smallest absolute Gasteiger partial charge is 0.223 e. The summed E-state index contributed by atoms with van der Waals surface area (Å²) in [5.74, 6) is 0.216. The molecule has 3 rings (SSSR count). The van der Waals surface area contributed by atoms with Crippen LogP contribution in [0, 0.1) is 26.7 Å². The monoisotopic (exact) mass is 432 g/mol. The molecule has 0 spiro atoms. The van der Waals surface area contributed by atoms with E-state index in [4.69, 9.17) is 23.2 Å². The Kier molecular flexibility index (Phi) is 7.26. The standard InChI is InChI=1S/C24H30Cl2N2O/c1-15-12-17(3)20(13-16(15)2)18(4)27-24(29)19-8-10-28(11-9-19)14-21-22(25)6-5-7-23(21)26/h5-7,12-13,18-19H,8-11,14H2,1-4H3,(H,27,29).